The number of esters is 2. The number of rotatable bonds is 6. The number of carbonyl (C=O) groups is 3. The first-order valence-corrected chi connectivity index (χ1v) is 15.0. The number of nitrogens with zero attached hydrogens (tertiary/aromatic N) is 1. The highest BCUT2D eigenvalue weighted by Crippen LogP contribution is 2.57. The Labute approximate surface area is 249 Å². The van der Waals surface area contributed by atoms with Gasteiger partial charge in [-0.1, -0.05) is 57.7 Å². The SMILES string of the molecule is C=C1[C@@H](OC(=O)CC(c2ccccc2)N(C)C)CC[C@@]2(C)C[C@@H](O)[C@H](OC(C)=O)C3=C(C)C(=O)C[C@@H]([C@@H](O)[C@H]12)C3(C)C. The van der Waals surface area contributed by atoms with Crippen LogP contribution in [0.4, 0.5) is 0 Å². The van der Waals surface area contributed by atoms with Crippen molar-refractivity contribution in [3.8, 4) is 0 Å². The van der Waals surface area contributed by atoms with Crippen molar-refractivity contribution in [3.63, 3.8) is 0 Å². The first kappa shape index (κ1) is 32.1. The summed E-state index contributed by atoms with van der Waals surface area (Å²) in [4.78, 5) is 40.7. The topological polar surface area (TPSA) is 113 Å². The van der Waals surface area contributed by atoms with Gasteiger partial charge in [0.25, 0.3) is 0 Å². The molecule has 0 aliphatic heterocycles. The summed E-state index contributed by atoms with van der Waals surface area (Å²) in [6, 6.07) is 9.64. The van der Waals surface area contributed by atoms with E-state index < -0.39 is 53.1 Å². The smallest absolute Gasteiger partial charge is 0.308 e. The predicted octanol–water partition coefficient (Wildman–Crippen LogP) is 4.55. The van der Waals surface area contributed by atoms with Crippen molar-refractivity contribution in [2.24, 2.45) is 22.7 Å². The molecule has 0 radical (unpaired) electrons. The first-order chi connectivity index (χ1) is 19.6. The van der Waals surface area contributed by atoms with Crippen LogP contribution in [0, 0.1) is 22.7 Å². The molecule has 42 heavy (non-hydrogen) atoms. The second kappa shape index (κ2) is 12.1. The van der Waals surface area contributed by atoms with Crippen molar-refractivity contribution in [2.45, 2.75) is 97.2 Å². The van der Waals surface area contributed by atoms with Gasteiger partial charge in [0.05, 0.1) is 18.6 Å². The number of fused-ring (bicyclic) bond motifs is 3. The van der Waals surface area contributed by atoms with E-state index in [0.29, 0.717) is 29.6 Å². The number of hydrogen-bond donors (Lipinski definition) is 2. The van der Waals surface area contributed by atoms with Crippen LogP contribution >= 0.6 is 0 Å². The highest BCUT2D eigenvalue weighted by atomic mass is 16.6. The van der Waals surface area contributed by atoms with E-state index in [4.69, 9.17) is 9.47 Å². The number of aliphatic hydroxyl groups excluding tert-OH is 2. The highest BCUT2D eigenvalue weighted by molar-refractivity contribution is 5.97. The third-order valence-corrected chi connectivity index (χ3v) is 10.2. The van der Waals surface area contributed by atoms with Crippen LogP contribution in [0.25, 0.3) is 0 Å². The maximum atomic E-state index is 13.3. The van der Waals surface area contributed by atoms with E-state index in [1.165, 1.54) is 6.92 Å². The van der Waals surface area contributed by atoms with Gasteiger partial charge in [-0.05, 0) is 73.4 Å². The second-order valence-electron chi connectivity index (χ2n) is 13.6. The minimum absolute atomic E-state index is 0.123. The molecule has 0 spiro atoms. The van der Waals surface area contributed by atoms with Gasteiger partial charge in [-0.2, -0.15) is 0 Å². The molecule has 8 atom stereocenters. The van der Waals surface area contributed by atoms with Gasteiger partial charge in [0.2, 0.25) is 0 Å². The molecule has 3 aliphatic rings. The summed E-state index contributed by atoms with van der Waals surface area (Å²) in [6.45, 7) is 13.3. The van der Waals surface area contributed by atoms with Crippen LogP contribution in [0.1, 0.15) is 78.3 Å². The summed E-state index contributed by atoms with van der Waals surface area (Å²) in [7, 11) is 3.85. The molecule has 1 unspecified atom stereocenters. The van der Waals surface area contributed by atoms with Crippen molar-refractivity contribution < 1.29 is 34.1 Å². The minimum Gasteiger partial charge on any atom is -0.458 e. The van der Waals surface area contributed by atoms with Gasteiger partial charge in [-0.25, -0.2) is 0 Å². The number of benzene rings is 1. The molecule has 2 fully saturated rings. The summed E-state index contributed by atoms with van der Waals surface area (Å²) >= 11 is 0. The molecule has 2 N–H and O–H groups in total. The Balaban J connectivity index is 1.66. The number of Topliss-reactive ketones (excluding diaryl/α,β-unsaturated/α-hetero) is 1. The Morgan fingerprint density at radius 2 is 1.76 bits per heavy atom. The molecule has 2 saturated carbocycles. The molecule has 0 amide bonds. The lowest BCUT2D eigenvalue weighted by atomic mass is 9.55. The Bertz CT molecular complexity index is 1250. The lowest BCUT2D eigenvalue weighted by Gasteiger charge is -2.51. The summed E-state index contributed by atoms with van der Waals surface area (Å²) in [5.74, 6) is -2.10. The van der Waals surface area contributed by atoms with Gasteiger partial charge in [0, 0.05) is 31.2 Å². The predicted molar refractivity (Wildman–Crippen MR) is 159 cm³/mol. The van der Waals surface area contributed by atoms with Crippen molar-refractivity contribution in [3.05, 3.63) is 59.2 Å². The number of aliphatic hydroxyl groups is 2. The van der Waals surface area contributed by atoms with Gasteiger partial charge in [-0.15, -0.1) is 0 Å². The van der Waals surface area contributed by atoms with E-state index in [1.54, 1.807) is 6.92 Å². The maximum Gasteiger partial charge on any atom is 0.308 e. The summed E-state index contributed by atoms with van der Waals surface area (Å²) in [5, 5.41) is 23.7. The van der Waals surface area contributed by atoms with E-state index >= 15 is 0 Å². The summed E-state index contributed by atoms with van der Waals surface area (Å²) in [6.07, 6.45) is -2.16. The standard InChI is InChI=1S/C34H47NO7/c1-19-25(37)16-23-31(40)29-20(2)27(42-28(39)17-24(35(7)8)22-12-10-9-11-13-22)14-15-34(29,6)18-26(38)32(41-21(3)36)30(19)33(23,4)5/h9-13,23-24,26-27,29,31-32,38,40H,2,14-18H2,1,3-8H3/t23-,24?,26+,27-,29-,31+,32-,34-/m0/s1. The second-order valence-corrected chi connectivity index (χ2v) is 13.6. The zero-order valence-electron chi connectivity index (χ0n) is 26.1. The molecular weight excluding hydrogens is 534 g/mol. The fourth-order valence-corrected chi connectivity index (χ4v) is 7.98. The number of hydrogen-bond acceptors (Lipinski definition) is 8. The van der Waals surface area contributed by atoms with Gasteiger partial charge >= 0.3 is 11.9 Å². The average molecular weight is 582 g/mol. The van der Waals surface area contributed by atoms with Crippen LogP contribution in [0.2, 0.25) is 0 Å². The van der Waals surface area contributed by atoms with Crippen molar-refractivity contribution >= 4 is 17.7 Å². The highest BCUT2D eigenvalue weighted by Gasteiger charge is 2.57. The van der Waals surface area contributed by atoms with E-state index in [0.717, 1.165) is 5.56 Å². The third-order valence-electron chi connectivity index (χ3n) is 10.2. The molecular formula is C34H47NO7. The lowest BCUT2D eigenvalue weighted by Crippen LogP contribution is -2.51. The zero-order valence-corrected chi connectivity index (χ0v) is 26.1. The van der Waals surface area contributed by atoms with E-state index in [9.17, 15) is 24.6 Å². The fourth-order valence-electron chi connectivity index (χ4n) is 7.98. The fraction of sp³-hybridized carbons (Fsp3) is 0.618. The molecule has 2 bridgehead atoms. The maximum absolute atomic E-state index is 13.3. The molecule has 0 heterocycles. The Hall–Kier alpha value is -2.81. The number of ketones is 1. The van der Waals surface area contributed by atoms with E-state index in [-0.39, 0.29) is 37.1 Å². The normalized spacial score (nSPS) is 33.7. The summed E-state index contributed by atoms with van der Waals surface area (Å²) < 4.78 is 11.8. The van der Waals surface area contributed by atoms with Crippen LogP contribution in [-0.4, -0.2) is 71.3 Å². The molecule has 0 aromatic heterocycles. The molecule has 230 valence electrons. The molecule has 3 aliphatic carbocycles. The van der Waals surface area contributed by atoms with Crippen LogP contribution in [0.15, 0.2) is 53.6 Å². The minimum atomic E-state index is -1.10. The van der Waals surface area contributed by atoms with Crippen LogP contribution < -0.4 is 0 Å². The molecule has 1 aromatic carbocycles. The molecule has 0 saturated heterocycles. The van der Waals surface area contributed by atoms with Crippen LogP contribution in [-0.2, 0) is 23.9 Å². The first-order valence-electron chi connectivity index (χ1n) is 15.0. The number of allylic oxidation sites excluding steroid dienone is 1. The molecule has 1 aromatic rings. The van der Waals surface area contributed by atoms with Crippen molar-refractivity contribution in [1.29, 1.82) is 0 Å². The number of ether oxygens (including phenoxy) is 2. The largest absolute Gasteiger partial charge is 0.458 e. The lowest BCUT2D eigenvalue weighted by molar-refractivity contribution is -0.153. The Kier molecular flexibility index (Phi) is 9.22. The van der Waals surface area contributed by atoms with Crippen molar-refractivity contribution in [2.75, 3.05) is 14.1 Å². The van der Waals surface area contributed by atoms with E-state index in [1.807, 2.05) is 70.1 Å². The van der Waals surface area contributed by atoms with Crippen molar-refractivity contribution in [1.82, 2.24) is 4.90 Å². The van der Waals surface area contributed by atoms with Gasteiger partial charge in [0.15, 0.2) is 5.78 Å². The van der Waals surface area contributed by atoms with Gasteiger partial charge in [0.1, 0.15) is 12.2 Å². The van der Waals surface area contributed by atoms with Gasteiger partial charge in [-0.3, -0.25) is 14.4 Å². The monoisotopic (exact) mass is 581 g/mol. The Morgan fingerprint density at radius 3 is 2.36 bits per heavy atom. The van der Waals surface area contributed by atoms with Crippen LogP contribution in [0.3, 0.4) is 0 Å². The van der Waals surface area contributed by atoms with Gasteiger partial charge < -0.3 is 24.6 Å². The van der Waals surface area contributed by atoms with E-state index in [2.05, 4.69) is 6.58 Å². The average Bonchev–Trinajstić information content (AvgIpc) is 2.91. The third kappa shape index (κ3) is 5.99. The molecule has 8 heteroatoms. The number of carbonyl (C=O) groups excluding carboxylic acids is 3. The zero-order chi connectivity index (χ0) is 31.1. The summed E-state index contributed by atoms with van der Waals surface area (Å²) in [5.41, 5.74) is 1.25. The Morgan fingerprint density at radius 1 is 1.12 bits per heavy atom. The quantitative estimate of drug-likeness (QED) is 0.372. The van der Waals surface area contributed by atoms with Crippen LogP contribution in [0.5, 0.6) is 0 Å². The molecule has 4 rings (SSSR count). The molecule has 8 nitrogen and oxygen atoms in total.